The van der Waals surface area contributed by atoms with Crippen LogP contribution in [0.1, 0.15) is 24.0 Å². The van der Waals surface area contributed by atoms with Gasteiger partial charge in [0.05, 0.1) is 56.0 Å². The van der Waals surface area contributed by atoms with Gasteiger partial charge in [-0.2, -0.15) is 0 Å². The number of thiazole rings is 1. The van der Waals surface area contributed by atoms with Crippen LogP contribution in [0.5, 0.6) is 23.0 Å². The number of methoxy groups -OCH3 is 4. The van der Waals surface area contributed by atoms with Gasteiger partial charge in [-0.25, -0.2) is 13.2 Å². The van der Waals surface area contributed by atoms with Gasteiger partial charge in [-0.1, -0.05) is 30.3 Å². The maximum Gasteiger partial charge on any atom is 0.338 e. The number of fused-ring (bicyclic) bond motifs is 1. The Morgan fingerprint density at radius 2 is 1.50 bits per heavy atom. The molecule has 1 aromatic heterocycles. The molecule has 1 aliphatic heterocycles. The van der Waals surface area contributed by atoms with E-state index in [2.05, 4.69) is 0 Å². The van der Waals surface area contributed by atoms with Crippen molar-refractivity contribution in [2.45, 2.75) is 17.7 Å². The Balaban J connectivity index is 1.91. The third kappa shape index (κ3) is 5.63. The van der Waals surface area contributed by atoms with Crippen LogP contribution in [0.25, 0.3) is 17.5 Å². The van der Waals surface area contributed by atoms with Crippen molar-refractivity contribution in [1.29, 1.82) is 0 Å². The van der Waals surface area contributed by atoms with E-state index in [1.54, 1.807) is 67.6 Å². The summed E-state index contributed by atoms with van der Waals surface area (Å²) in [6, 6.07) is 17.6. The van der Waals surface area contributed by atoms with E-state index in [4.69, 9.17) is 29.4 Å². The summed E-state index contributed by atoms with van der Waals surface area (Å²) in [7, 11) is 1.53. The third-order valence-corrected chi connectivity index (χ3v) is 10.4. The van der Waals surface area contributed by atoms with Gasteiger partial charge in [-0.15, -0.1) is 11.3 Å². The van der Waals surface area contributed by atoms with Crippen molar-refractivity contribution >= 4 is 44.6 Å². The highest BCUT2D eigenvalue weighted by atomic mass is 32.2. The topological polar surface area (TPSA) is 145 Å². The van der Waals surface area contributed by atoms with E-state index in [1.807, 2.05) is 0 Å². The quantitative estimate of drug-likeness (QED) is 0.251. The van der Waals surface area contributed by atoms with E-state index in [-0.39, 0.29) is 37.0 Å². The molecule has 0 saturated heterocycles. The number of hydrogen-bond donors (Lipinski definition) is 1. The number of ether oxygens (including phenoxy) is 5. The second kappa shape index (κ2) is 13.2. The number of rotatable bonds is 10. The zero-order valence-corrected chi connectivity index (χ0v) is 27.4. The number of carbonyl (C=O) groups excluding carboxylic acids is 1. The molecule has 0 amide bonds. The molecule has 5 rings (SSSR count). The standard InChI is InChI=1S/C33H32N2O9S2/c1-6-44-33(37)28-27(20-13-15-23(41-3)25(18-20)43-5)29(46(38,39)21-10-8-7-9-11-21)30(34)35-31(36)26(45-32(28)35)17-19-12-14-22(40-2)24(16-19)42-4/h7-18,27H,6,34H2,1-5H3/b26-17-/t27-/m1/s1. The van der Waals surface area contributed by atoms with Gasteiger partial charge in [0.1, 0.15) is 15.4 Å². The molecule has 0 aliphatic carbocycles. The minimum Gasteiger partial charge on any atom is -0.493 e. The average molecular weight is 665 g/mol. The highest BCUT2D eigenvalue weighted by Gasteiger charge is 2.42. The molecule has 1 aliphatic rings. The van der Waals surface area contributed by atoms with Crippen LogP contribution in [-0.4, -0.2) is 54.0 Å². The summed E-state index contributed by atoms with van der Waals surface area (Å²) in [4.78, 5) is 27.5. The van der Waals surface area contributed by atoms with E-state index in [0.29, 0.717) is 34.1 Å². The molecule has 2 heterocycles. The number of hydrogen-bond acceptors (Lipinski definition) is 11. The van der Waals surface area contributed by atoms with E-state index in [1.165, 1.54) is 40.6 Å². The Bertz CT molecular complexity index is 2130. The molecule has 46 heavy (non-hydrogen) atoms. The Labute approximate surface area is 269 Å². The lowest BCUT2D eigenvalue weighted by Gasteiger charge is -2.28. The molecule has 0 saturated carbocycles. The van der Waals surface area contributed by atoms with Crippen molar-refractivity contribution in [2.24, 2.45) is 5.73 Å². The molecule has 4 aromatic rings. The summed E-state index contributed by atoms with van der Waals surface area (Å²) in [5.41, 5.74) is 6.98. The number of aromatic nitrogens is 1. The minimum atomic E-state index is -4.39. The van der Waals surface area contributed by atoms with Gasteiger partial charge >= 0.3 is 5.97 Å². The number of allylic oxidation sites excluding steroid dienone is 1. The first-order valence-electron chi connectivity index (χ1n) is 14.0. The SMILES string of the molecule is CCOC(=O)C1=c2s/c(=C\c3ccc(OC)c(OC)c3)c(=O)n2C(N)=C(S(=O)(=O)c2ccccc2)[C@@H]1c1ccc(OC)c(OC)c1. The average Bonchev–Trinajstić information content (AvgIpc) is 3.39. The molecule has 11 nitrogen and oxygen atoms in total. The van der Waals surface area contributed by atoms with Crippen LogP contribution in [0, 0.1) is 0 Å². The first kappa shape index (κ1) is 32.4. The molecule has 1 atom stereocenters. The fourth-order valence-electron chi connectivity index (χ4n) is 5.27. The van der Waals surface area contributed by atoms with Crippen molar-refractivity contribution < 1.29 is 36.9 Å². The minimum absolute atomic E-state index is 0.00118. The van der Waals surface area contributed by atoms with Crippen LogP contribution < -0.4 is 39.4 Å². The summed E-state index contributed by atoms with van der Waals surface area (Å²) in [5, 5.41) is 0. The van der Waals surface area contributed by atoms with Gasteiger partial charge in [0.15, 0.2) is 23.0 Å². The number of sulfone groups is 1. The first-order valence-corrected chi connectivity index (χ1v) is 16.3. The van der Waals surface area contributed by atoms with Gasteiger partial charge in [0.25, 0.3) is 5.56 Å². The molecule has 0 spiro atoms. The van der Waals surface area contributed by atoms with E-state index in [9.17, 15) is 18.0 Å². The van der Waals surface area contributed by atoms with Crippen molar-refractivity contribution in [3.63, 3.8) is 0 Å². The molecule has 0 radical (unpaired) electrons. The lowest BCUT2D eigenvalue weighted by Crippen LogP contribution is -2.41. The van der Waals surface area contributed by atoms with Gasteiger partial charge in [0.2, 0.25) is 9.84 Å². The van der Waals surface area contributed by atoms with Gasteiger partial charge < -0.3 is 29.4 Å². The molecular formula is C33H32N2O9S2. The molecule has 0 unspecified atom stereocenters. The lowest BCUT2D eigenvalue weighted by molar-refractivity contribution is -0.136. The predicted molar refractivity (Wildman–Crippen MR) is 174 cm³/mol. The largest absolute Gasteiger partial charge is 0.493 e. The van der Waals surface area contributed by atoms with Gasteiger partial charge in [-0.05, 0) is 60.5 Å². The second-order valence-electron chi connectivity index (χ2n) is 9.92. The van der Waals surface area contributed by atoms with E-state index < -0.39 is 27.3 Å². The molecule has 0 bridgehead atoms. The summed E-state index contributed by atoms with van der Waals surface area (Å²) >= 11 is 0.991. The third-order valence-electron chi connectivity index (χ3n) is 7.38. The number of benzene rings is 3. The highest BCUT2D eigenvalue weighted by Crippen LogP contribution is 2.44. The molecule has 240 valence electrons. The molecule has 0 fully saturated rings. The first-order chi connectivity index (χ1) is 22.1. The fraction of sp³-hybridized carbons (Fsp3) is 0.212. The van der Waals surface area contributed by atoms with Crippen molar-refractivity contribution in [3.05, 3.63) is 102 Å². The van der Waals surface area contributed by atoms with Crippen LogP contribution in [0.3, 0.4) is 0 Å². The fourth-order valence-corrected chi connectivity index (χ4v) is 8.14. The normalized spacial score (nSPS) is 14.9. The van der Waals surface area contributed by atoms with Crippen LogP contribution in [-0.2, 0) is 19.4 Å². The number of esters is 1. The molecule has 13 heteroatoms. The number of nitrogens with two attached hydrogens (primary N) is 1. The number of nitrogens with zero attached hydrogens (tertiary/aromatic N) is 1. The monoisotopic (exact) mass is 664 g/mol. The van der Waals surface area contributed by atoms with Crippen LogP contribution in [0.4, 0.5) is 0 Å². The second-order valence-corrected chi connectivity index (χ2v) is 12.9. The Morgan fingerprint density at radius 3 is 2.11 bits per heavy atom. The Morgan fingerprint density at radius 1 is 0.891 bits per heavy atom. The maximum absolute atomic E-state index is 14.4. The molecule has 3 aromatic carbocycles. The predicted octanol–water partition coefficient (Wildman–Crippen LogP) is 2.84. The lowest BCUT2D eigenvalue weighted by atomic mass is 9.89. The summed E-state index contributed by atoms with van der Waals surface area (Å²) in [5.74, 6) is -0.765. The van der Waals surface area contributed by atoms with Crippen LogP contribution >= 0.6 is 11.3 Å². The van der Waals surface area contributed by atoms with Gasteiger partial charge in [0, 0.05) is 0 Å². The Kier molecular flexibility index (Phi) is 9.26. The van der Waals surface area contributed by atoms with Gasteiger partial charge in [-0.3, -0.25) is 9.36 Å². The smallest absolute Gasteiger partial charge is 0.338 e. The van der Waals surface area contributed by atoms with Crippen LogP contribution in [0.2, 0.25) is 0 Å². The van der Waals surface area contributed by atoms with Crippen molar-refractivity contribution in [3.8, 4) is 23.0 Å². The Hall–Kier alpha value is -5.01. The van der Waals surface area contributed by atoms with Crippen LogP contribution in [0.15, 0.2) is 81.3 Å². The molecule has 2 N–H and O–H groups in total. The zero-order chi connectivity index (χ0) is 33.2. The molecular weight excluding hydrogens is 633 g/mol. The van der Waals surface area contributed by atoms with Crippen molar-refractivity contribution in [1.82, 2.24) is 4.57 Å². The number of carbonyl (C=O) groups is 1. The highest BCUT2D eigenvalue weighted by molar-refractivity contribution is 7.95. The zero-order valence-electron chi connectivity index (χ0n) is 25.7. The summed E-state index contributed by atoms with van der Waals surface area (Å²) < 4.78 is 57.4. The maximum atomic E-state index is 14.4. The van der Waals surface area contributed by atoms with Crippen molar-refractivity contribution in [2.75, 3.05) is 35.0 Å². The summed E-state index contributed by atoms with van der Waals surface area (Å²) in [6.07, 6.45) is 1.60. The summed E-state index contributed by atoms with van der Waals surface area (Å²) in [6.45, 7) is 1.64. The van der Waals surface area contributed by atoms with E-state index >= 15 is 0 Å². The van der Waals surface area contributed by atoms with E-state index in [0.717, 1.165) is 15.9 Å².